The number of rotatable bonds is 3. The lowest BCUT2D eigenvalue weighted by atomic mass is 10.2. The van der Waals surface area contributed by atoms with Gasteiger partial charge in [-0.05, 0) is 12.1 Å². The summed E-state index contributed by atoms with van der Waals surface area (Å²) < 4.78 is 1.39. The number of aldehydes is 1. The number of aromatic nitrogens is 3. The van der Waals surface area contributed by atoms with Crippen LogP contribution in [0.1, 0.15) is 10.4 Å². The molecule has 0 saturated heterocycles. The second kappa shape index (κ2) is 4.81. The van der Waals surface area contributed by atoms with Crippen LogP contribution in [0.4, 0.5) is 5.69 Å². The zero-order chi connectivity index (χ0) is 15.9. The normalized spacial score (nSPS) is 10.7. The molecule has 22 heavy (non-hydrogen) atoms. The molecule has 0 aliphatic rings. The van der Waals surface area contributed by atoms with E-state index < -0.39 is 16.0 Å². The zero-order valence-corrected chi connectivity index (χ0v) is 10.9. The zero-order valence-electron chi connectivity index (χ0n) is 10.9. The van der Waals surface area contributed by atoms with Crippen molar-refractivity contribution in [1.29, 1.82) is 0 Å². The Bertz CT molecular complexity index is 1030. The smallest absolute Gasteiger partial charge is 0.314 e. The second-order valence-corrected chi connectivity index (χ2v) is 4.52. The molecule has 0 atom stereocenters. The molecule has 9 nitrogen and oxygen atoms in total. The van der Waals surface area contributed by atoms with Gasteiger partial charge in [0.2, 0.25) is 0 Å². The molecular formula is C13H8N4O5. The molecule has 0 fully saturated rings. The number of nitro benzene ring substituents is 1. The van der Waals surface area contributed by atoms with Crippen LogP contribution in [0.2, 0.25) is 0 Å². The van der Waals surface area contributed by atoms with E-state index in [0.29, 0.717) is 11.8 Å². The van der Waals surface area contributed by atoms with Crippen LogP contribution in [0.5, 0.6) is 0 Å². The first-order chi connectivity index (χ1) is 10.5. The van der Waals surface area contributed by atoms with Crippen molar-refractivity contribution >= 4 is 23.0 Å². The minimum Gasteiger partial charge on any atom is -0.317 e. The molecule has 2 aromatic heterocycles. The minimum absolute atomic E-state index is 0.141. The van der Waals surface area contributed by atoms with Crippen LogP contribution in [0.25, 0.3) is 16.7 Å². The van der Waals surface area contributed by atoms with E-state index in [0.717, 1.165) is 6.07 Å². The third-order valence-electron chi connectivity index (χ3n) is 3.14. The summed E-state index contributed by atoms with van der Waals surface area (Å²) in [5, 5.41) is 11.2. The third-order valence-corrected chi connectivity index (χ3v) is 3.14. The van der Waals surface area contributed by atoms with Crippen LogP contribution >= 0.6 is 0 Å². The summed E-state index contributed by atoms with van der Waals surface area (Å²) in [6.45, 7) is 0. The van der Waals surface area contributed by atoms with Crippen LogP contribution in [0.15, 0.2) is 40.2 Å². The van der Waals surface area contributed by atoms with Crippen LogP contribution in [-0.2, 0) is 0 Å². The number of hydrogen-bond acceptors (Lipinski definition) is 5. The van der Waals surface area contributed by atoms with Gasteiger partial charge in [-0.15, -0.1) is 0 Å². The van der Waals surface area contributed by atoms with Gasteiger partial charge in [0, 0.05) is 24.0 Å². The molecule has 3 aromatic rings. The van der Waals surface area contributed by atoms with Crippen molar-refractivity contribution in [3.8, 4) is 5.69 Å². The standard InChI is InChI=1S/C13H8N4O5/c18-6-7-1-2-16(5-7)10-3-8-9(4-11(10)17(21)22)15-13(20)12(19)14-8/h1-6H,(H,14,19)(H,15,20). The number of nitrogens with one attached hydrogen (secondary N) is 2. The third kappa shape index (κ3) is 2.10. The van der Waals surface area contributed by atoms with E-state index in [-0.39, 0.29) is 22.4 Å². The van der Waals surface area contributed by atoms with Crippen LogP contribution in [0, 0.1) is 10.1 Å². The van der Waals surface area contributed by atoms with E-state index in [9.17, 15) is 24.5 Å². The second-order valence-electron chi connectivity index (χ2n) is 4.52. The monoisotopic (exact) mass is 300 g/mol. The number of carbonyl (C=O) groups excluding carboxylic acids is 1. The lowest BCUT2D eigenvalue weighted by molar-refractivity contribution is -0.384. The molecule has 0 saturated carbocycles. The maximum absolute atomic E-state index is 11.4. The van der Waals surface area contributed by atoms with Crippen molar-refractivity contribution in [1.82, 2.24) is 14.5 Å². The van der Waals surface area contributed by atoms with E-state index in [1.807, 2.05) is 0 Å². The number of carbonyl (C=O) groups is 1. The van der Waals surface area contributed by atoms with Gasteiger partial charge in [0.1, 0.15) is 5.69 Å². The average molecular weight is 300 g/mol. The number of H-pyrrole nitrogens is 2. The molecule has 1 aromatic carbocycles. The maximum Gasteiger partial charge on any atom is 0.314 e. The number of aromatic amines is 2. The molecule has 0 radical (unpaired) electrons. The minimum atomic E-state index is -0.890. The molecule has 3 rings (SSSR count). The first-order valence-electron chi connectivity index (χ1n) is 6.08. The van der Waals surface area contributed by atoms with E-state index in [2.05, 4.69) is 9.97 Å². The Morgan fingerprint density at radius 3 is 2.32 bits per heavy atom. The number of fused-ring (bicyclic) bond motifs is 1. The lowest BCUT2D eigenvalue weighted by Gasteiger charge is -2.06. The fourth-order valence-electron chi connectivity index (χ4n) is 2.13. The Morgan fingerprint density at radius 2 is 1.77 bits per heavy atom. The van der Waals surface area contributed by atoms with E-state index in [4.69, 9.17) is 0 Å². The fraction of sp³-hybridized carbons (Fsp3) is 0. The van der Waals surface area contributed by atoms with Crippen LogP contribution < -0.4 is 11.1 Å². The van der Waals surface area contributed by atoms with Crippen molar-refractivity contribution in [2.24, 2.45) is 0 Å². The van der Waals surface area contributed by atoms with Crippen molar-refractivity contribution < 1.29 is 9.72 Å². The molecule has 0 aliphatic carbocycles. The lowest BCUT2D eigenvalue weighted by Crippen LogP contribution is -2.29. The highest BCUT2D eigenvalue weighted by Gasteiger charge is 2.18. The summed E-state index contributed by atoms with van der Waals surface area (Å²) in [6.07, 6.45) is 3.52. The summed E-state index contributed by atoms with van der Waals surface area (Å²) in [5.41, 5.74) is -1.12. The Labute approximate surface area is 121 Å². The van der Waals surface area contributed by atoms with Gasteiger partial charge in [0.05, 0.1) is 16.0 Å². The van der Waals surface area contributed by atoms with Gasteiger partial charge in [0.25, 0.3) is 5.69 Å². The summed E-state index contributed by atoms with van der Waals surface area (Å²) in [5.74, 6) is 0. The highest BCUT2D eigenvalue weighted by molar-refractivity contribution is 5.82. The number of benzene rings is 1. The van der Waals surface area contributed by atoms with Gasteiger partial charge in [-0.25, -0.2) is 0 Å². The summed E-state index contributed by atoms with van der Waals surface area (Å²) in [6, 6.07) is 4.01. The van der Waals surface area contributed by atoms with Crippen molar-refractivity contribution in [2.45, 2.75) is 0 Å². The van der Waals surface area contributed by atoms with Crippen molar-refractivity contribution in [3.05, 3.63) is 67.0 Å². The molecule has 0 amide bonds. The van der Waals surface area contributed by atoms with Crippen molar-refractivity contribution in [2.75, 3.05) is 0 Å². The van der Waals surface area contributed by atoms with E-state index in [1.54, 1.807) is 0 Å². The van der Waals surface area contributed by atoms with E-state index >= 15 is 0 Å². The molecule has 0 bridgehead atoms. The largest absolute Gasteiger partial charge is 0.317 e. The topological polar surface area (TPSA) is 131 Å². The molecule has 2 N–H and O–H groups in total. The Morgan fingerprint density at radius 1 is 1.14 bits per heavy atom. The molecular weight excluding hydrogens is 292 g/mol. The average Bonchev–Trinajstić information content (AvgIpc) is 2.96. The van der Waals surface area contributed by atoms with Crippen LogP contribution in [-0.4, -0.2) is 25.7 Å². The Balaban J connectivity index is 2.36. The quantitative estimate of drug-likeness (QED) is 0.318. The predicted octanol–water partition coefficient (Wildman–Crippen LogP) is 0.728. The number of hydrogen-bond donors (Lipinski definition) is 2. The highest BCUT2D eigenvalue weighted by Crippen LogP contribution is 2.26. The fourth-order valence-corrected chi connectivity index (χ4v) is 2.13. The van der Waals surface area contributed by atoms with Gasteiger partial charge in [0.15, 0.2) is 6.29 Å². The van der Waals surface area contributed by atoms with Gasteiger partial charge >= 0.3 is 11.1 Å². The molecule has 110 valence electrons. The van der Waals surface area contributed by atoms with Crippen molar-refractivity contribution in [3.63, 3.8) is 0 Å². The Kier molecular flexibility index (Phi) is 2.95. The molecule has 9 heteroatoms. The maximum atomic E-state index is 11.4. The highest BCUT2D eigenvalue weighted by atomic mass is 16.6. The number of nitro groups is 1. The first-order valence-corrected chi connectivity index (χ1v) is 6.08. The van der Waals surface area contributed by atoms with Gasteiger partial charge < -0.3 is 14.5 Å². The molecule has 0 unspecified atom stereocenters. The molecule has 0 aliphatic heterocycles. The van der Waals surface area contributed by atoms with Crippen LogP contribution in [0.3, 0.4) is 0 Å². The Hall–Kier alpha value is -3.49. The summed E-state index contributed by atoms with van der Waals surface area (Å²) in [4.78, 5) is 48.6. The molecule has 0 spiro atoms. The van der Waals surface area contributed by atoms with Gasteiger partial charge in [-0.1, -0.05) is 0 Å². The predicted molar refractivity (Wildman–Crippen MR) is 76.6 cm³/mol. The first kappa shape index (κ1) is 13.5. The molecule has 2 heterocycles. The number of nitrogens with zero attached hydrogens (tertiary/aromatic N) is 2. The van der Waals surface area contributed by atoms with Gasteiger partial charge in [-0.3, -0.25) is 24.5 Å². The van der Waals surface area contributed by atoms with Gasteiger partial charge in [-0.2, -0.15) is 0 Å². The SMILES string of the molecule is O=Cc1ccn(-c2cc3[nH]c(=O)c(=O)[nH]c3cc2[N+](=O)[O-])c1. The van der Waals surface area contributed by atoms with E-state index in [1.165, 1.54) is 29.1 Å². The summed E-state index contributed by atoms with van der Waals surface area (Å²) in [7, 11) is 0. The summed E-state index contributed by atoms with van der Waals surface area (Å²) >= 11 is 0.